The summed E-state index contributed by atoms with van der Waals surface area (Å²) in [6, 6.07) is 5.99. The van der Waals surface area contributed by atoms with Gasteiger partial charge in [-0.3, -0.25) is 9.59 Å². The van der Waals surface area contributed by atoms with Crippen molar-refractivity contribution in [3.63, 3.8) is 0 Å². The van der Waals surface area contributed by atoms with Gasteiger partial charge in [0.1, 0.15) is 5.01 Å². The summed E-state index contributed by atoms with van der Waals surface area (Å²) in [5.74, 6) is 0.223. The van der Waals surface area contributed by atoms with Gasteiger partial charge in [-0.1, -0.05) is 37.3 Å². The van der Waals surface area contributed by atoms with E-state index in [4.69, 9.17) is 0 Å². The fourth-order valence-corrected chi connectivity index (χ4v) is 4.57. The highest BCUT2D eigenvalue weighted by molar-refractivity contribution is 7.15. The van der Waals surface area contributed by atoms with Crippen LogP contribution in [0.5, 0.6) is 0 Å². The molecule has 0 bridgehead atoms. The molecule has 0 radical (unpaired) electrons. The van der Waals surface area contributed by atoms with E-state index in [9.17, 15) is 9.59 Å². The maximum absolute atomic E-state index is 12.5. The number of Topliss-reactive ketones (excluding diaryl/α,β-unsaturated/α-hetero) is 1. The van der Waals surface area contributed by atoms with E-state index in [1.165, 1.54) is 35.3 Å². The van der Waals surface area contributed by atoms with Crippen molar-refractivity contribution in [2.24, 2.45) is 0 Å². The fourth-order valence-electron chi connectivity index (χ4n) is 3.55. The first-order valence-electron chi connectivity index (χ1n) is 9.89. The molecule has 1 amide bonds. The van der Waals surface area contributed by atoms with Crippen LogP contribution < -0.4 is 5.32 Å². The topological polar surface area (TPSA) is 72.0 Å². The number of nitrogens with one attached hydrogen (secondary N) is 1. The molecule has 1 aliphatic rings. The first-order valence-corrected chi connectivity index (χ1v) is 10.7. The highest BCUT2D eigenvalue weighted by Gasteiger charge is 2.16. The second kappa shape index (κ2) is 9.22. The van der Waals surface area contributed by atoms with Gasteiger partial charge < -0.3 is 5.32 Å². The summed E-state index contributed by atoms with van der Waals surface area (Å²) in [4.78, 5) is 24.6. The van der Waals surface area contributed by atoms with E-state index in [-0.39, 0.29) is 24.5 Å². The average molecular weight is 386 g/mol. The minimum absolute atomic E-state index is 0.0218. The Morgan fingerprint density at radius 2 is 1.81 bits per heavy atom. The molecule has 1 aromatic carbocycles. The number of anilines is 1. The molecule has 1 aliphatic carbocycles. The van der Waals surface area contributed by atoms with Crippen LogP contribution in [0.2, 0.25) is 0 Å². The van der Waals surface area contributed by atoms with Gasteiger partial charge in [-0.25, -0.2) is 0 Å². The van der Waals surface area contributed by atoms with Crippen LogP contribution in [0.3, 0.4) is 0 Å². The molecule has 0 spiro atoms. The molecule has 0 atom stereocenters. The zero-order valence-corrected chi connectivity index (χ0v) is 16.9. The lowest BCUT2D eigenvalue weighted by atomic mass is 9.89. The number of ketones is 1. The van der Waals surface area contributed by atoms with Crippen molar-refractivity contribution in [3.8, 4) is 0 Å². The summed E-state index contributed by atoms with van der Waals surface area (Å²) in [5.41, 5.74) is 3.37. The number of nitrogens with zero attached hydrogens (tertiary/aromatic N) is 2. The molecule has 1 aromatic heterocycles. The number of carbonyl (C=O) groups excluding carboxylic acids is 2. The van der Waals surface area contributed by atoms with Crippen LogP contribution in [0.15, 0.2) is 18.2 Å². The normalized spacial score (nSPS) is 13.4. The van der Waals surface area contributed by atoms with Crippen molar-refractivity contribution >= 4 is 28.2 Å². The van der Waals surface area contributed by atoms with Gasteiger partial charge in [0.25, 0.3) is 0 Å². The van der Waals surface area contributed by atoms with Crippen molar-refractivity contribution < 1.29 is 9.59 Å². The van der Waals surface area contributed by atoms with Crippen molar-refractivity contribution in [2.75, 3.05) is 5.32 Å². The molecule has 0 aliphatic heterocycles. The van der Waals surface area contributed by atoms with Crippen molar-refractivity contribution in [1.29, 1.82) is 0 Å². The lowest BCUT2D eigenvalue weighted by Crippen LogP contribution is -2.14. The van der Waals surface area contributed by atoms with E-state index < -0.39 is 0 Å². The van der Waals surface area contributed by atoms with Crippen LogP contribution in [0, 0.1) is 0 Å². The third-order valence-electron chi connectivity index (χ3n) is 5.27. The average Bonchev–Trinajstić information content (AvgIpc) is 3.14. The number of hydrogen-bond acceptors (Lipinski definition) is 5. The maximum Gasteiger partial charge on any atom is 0.226 e. The van der Waals surface area contributed by atoms with E-state index in [0.717, 1.165) is 36.3 Å². The molecule has 1 heterocycles. The number of benzene rings is 1. The number of fused-ring (bicyclic) bond motifs is 1. The van der Waals surface area contributed by atoms with Gasteiger partial charge in [-0.15, -0.1) is 10.2 Å². The molecule has 144 valence electrons. The molecular weight excluding hydrogens is 358 g/mol. The highest BCUT2D eigenvalue weighted by atomic mass is 32.1. The highest BCUT2D eigenvalue weighted by Crippen LogP contribution is 2.28. The number of hydrogen-bond donors (Lipinski definition) is 1. The number of amides is 1. The summed E-state index contributed by atoms with van der Waals surface area (Å²) in [6.07, 6.45) is 6.96. The lowest BCUT2D eigenvalue weighted by Gasteiger charge is -2.16. The monoisotopic (exact) mass is 385 g/mol. The van der Waals surface area contributed by atoms with Crippen LogP contribution in [0.1, 0.15) is 84.8 Å². The van der Waals surface area contributed by atoms with Gasteiger partial charge in [-0.05, 0) is 55.7 Å². The Morgan fingerprint density at radius 3 is 2.56 bits per heavy atom. The summed E-state index contributed by atoms with van der Waals surface area (Å²) in [5, 5.41) is 12.5. The summed E-state index contributed by atoms with van der Waals surface area (Å²) in [7, 11) is 0. The van der Waals surface area contributed by atoms with Crippen molar-refractivity contribution in [1.82, 2.24) is 10.2 Å². The zero-order chi connectivity index (χ0) is 19.2. The van der Waals surface area contributed by atoms with Crippen LogP contribution in [-0.4, -0.2) is 21.9 Å². The molecule has 6 heteroatoms. The SMILES string of the molecule is CCC(CC)c1nnc(NC(=O)CCC(=O)c2ccc3c(c2)CCCC3)s1. The largest absolute Gasteiger partial charge is 0.301 e. The van der Waals surface area contributed by atoms with E-state index >= 15 is 0 Å². The van der Waals surface area contributed by atoms with E-state index in [1.807, 2.05) is 12.1 Å². The van der Waals surface area contributed by atoms with Gasteiger partial charge in [0.05, 0.1) is 0 Å². The van der Waals surface area contributed by atoms with E-state index in [2.05, 4.69) is 35.4 Å². The lowest BCUT2D eigenvalue weighted by molar-refractivity contribution is -0.116. The summed E-state index contributed by atoms with van der Waals surface area (Å²) < 4.78 is 0. The molecule has 3 rings (SSSR count). The van der Waals surface area contributed by atoms with Crippen LogP contribution in [-0.2, 0) is 17.6 Å². The number of rotatable bonds is 8. The summed E-state index contributed by atoms with van der Waals surface area (Å²) >= 11 is 1.43. The quantitative estimate of drug-likeness (QED) is 0.655. The Kier molecular flexibility index (Phi) is 6.72. The van der Waals surface area contributed by atoms with Crippen LogP contribution in [0.25, 0.3) is 0 Å². The van der Waals surface area contributed by atoms with Gasteiger partial charge in [0.15, 0.2) is 5.78 Å². The number of aromatic nitrogens is 2. The third kappa shape index (κ3) is 5.01. The molecule has 0 saturated heterocycles. The maximum atomic E-state index is 12.5. The molecule has 1 N–H and O–H groups in total. The van der Waals surface area contributed by atoms with Crippen LogP contribution >= 0.6 is 11.3 Å². The first-order chi connectivity index (χ1) is 13.1. The van der Waals surface area contributed by atoms with Gasteiger partial charge in [0, 0.05) is 24.3 Å². The predicted octanol–water partition coefficient (Wildman–Crippen LogP) is 4.92. The molecule has 2 aromatic rings. The third-order valence-corrected chi connectivity index (χ3v) is 6.27. The molecule has 0 saturated carbocycles. The minimum Gasteiger partial charge on any atom is -0.301 e. The van der Waals surface area contributed by atoms with E-state index in [0.29, 0.717) is 11.0 Å². The molecule has 5 nitrogen and oxygen atoms in total. The molecule has 0 fully saturated rings. The van der Waals surface area contributed by atoms with Gasteiger partial charge in [-0.2, -0.15) is 0 Å². The number of carbonyl (C=O) groups is 2. The second-order valence-corrected chi connectivity index (χ2v) is 8.13. The second-order valence-electron chi connectivity index (χ2n) is 7.12. The Bertz CT molecular complexity index is 812. The van der Waals surface area contributed by atoms with Crippen LogP contribution in [0.4, 0.5) is 5.13 Å². The Balaban J connectivity index is 1.52. The van der Waals surface area contributed by atoms with Gasteiger partial charge in [0.2, 0.25) is 11.0 Å². The molecular formula is C21H27N3O2S. The standard InChI is InChI=1S/C21H27N3O2S/c1-3-14(4-2)20-23-24-21(27-20)22-19(26)12-11-18(25)17-10-9-15-7-5-6-8-16(15)13-17/h9-10,13-14H,3-8,11-12H2,1-2H3,(H,22,24,26). The Labute approximate surface area is 164 Å². The minimum atomic E-state index is -0.187. The Hall–Kier alpha value is -2.08. The van der Waals surface area contributed by atoms with Crippen molar-refractivity contribution in [3.05, 3.63) is 39.9 Å². The first kappa shape index (κ1) is 19.7. The van der Waals surface area contributed by atoms with E-state index in [1.54, 1.807) is 0 Å². The number of aryl methyl sites for hydroxylation is 2. The van der Waals surface area contributed by atoms with Gasteiger partial charge >= 0.3 is 0 Å². The Morgan fingerprint density at radius 1 is 1.07 bits per heavy atom. The fraction of sp³-hybridized carbons (Fsp3) is 0.524. The zero-order valence-electron chi connectivity index (χ0n) is 16.1. The molecule has 0 unspecified atom stereocenters. The van der Waals surface area contributed by atoms with Crippen molar-refractivity contribution in [2.45, 2.75) is 71.1 Å². The predicted molar refractivity (Wildman–Crippen MR) is 109 cm³/mol. The summed E-state index contributed by atoms with van der Waals surface area (Å²) in [6.45, 7) is 4.25. The molecule has 27 heavy (non-hydrogen) atoms. The smallest absolute Gasteiger partial charge is 0.226 e.